The third kappa shape index (κ3) is 3.06. The van der Waals surface area contributed by atoms with E-state index >= 15 is 0 Å². The van der Waals surface area contributed by atoms with Crippen LogP contribution in [0.2, 0.25) is 4.22 Å². The summed E-state index contributed by atoms with van der Waals surface area (Å²) in [5.74, 6) is 0. The van der Waals surface area contributed by atoms with Crippen molar-refractivity contribution in [3.05, 3.63) is 22.3 Å². The fraction of sp³-hybridized carbons (Fsp3) is 0.692. The van der Waals surface area contributed by atoms with Crippen molar-refractivity contribution in [2.24, 2.45) is 0 Å². The molecule has 2 heteroatoms. The van der Waals surface area contributed by atoms with Crippen molar-refractivity contribution in [3.63, 3.8) is 0 Å². The zero-order chi connectivity index (χ0) is 11.8. The Bertz CT molecular complexity index is 294. The number of nitrogens with one attached hydrogen (secondary N) is 1. The minimum absolute atomic E-state index is 0.110. The molecule has 0 heterocycles. The third-order valence-electron chi connectivity index (χ3n) is 3.20. The first-order valence-corrected chi connectivity index (χ1v) is 7.30. The molecule has 1 nitrogen and oxygen atoms in total. The molecule has 84 valence electrons. The van der Waals surface area contributed by atoms with E-state index < -0.39 is 0 Å². The van der Waals surface area contributed by atoms with Gasteiger partial charge in [-0.15, -0.1) is 0 Å². The van der Waals surface area contributed by atoms with Crippen LogP contribution in [0, 0.1) is 0 Å². The van der Waals surface area contributed by atoms with E-state index in [0.29, 0.717) is 0 Å². The average Bonchev–Trinajstić information content (AvgIpc) is 2.28. The molecule has 0 aromatic rings. The molecule has 0 spiro atoms. The second kappa shape index (κ2) is 4.57. The topological polar surface area (TPSA) is 12.0 Å². The number of hydrogen-bond acceptors (Lipinski definition) is 1. The molecule has 0 unspecified atom stereocenters. The Morgan fingerprint density at radius 3 is 1.67 bits per heavy atom. The predicted molar refractivity (Wildman–Crippen MR) is 63.4 cm³/mol. The van der Waals surface area contributed by atoms with Crippen LogP contribution in [0.4, 0.5) is 0 Å². The molecule has 0 saturated heterocycles. The summed E-state index contributed by atoms with van der Waals surface area (Å²) in [7, 11) is 0. The van der Waals surface area contributed by atoms with Crippen LogP contribution >= 0.6 is 0 Å². The summed E-state index contributed by atoms with van der Waals surface area (Å²) in [6.45, 7) is 15.9. The van der Waals surface area contributed by atoms with Gasteiger partial charge < -0.3 is 0 Å². The molecule has 0 atom stereocenters. The molecule has 15 heavy (non-hydrogen) atoms. The van der Waals surface area contributed by atoms with Gasteiger partial charge in [-0.3, -0.25) is 0 Å². The Kier molecular flexibility index (Phi) is 4.03. The van der Waals surface area contributed by atoms with Crippen molar-refractivity contribution in [2.75, 3.05) is 0 Å². The molecule has 0 aliphatic heterocycles. The summed E-state index contributed by atoms with van der Waals surface area (Å²) >= 11 is -0.110. The standard InChI is InChI=1S/C9H13.C4H10N.Ti/c1-6-5-7(2)9(4)8(6)3;1-4(2,3)5;/h5H,1-4H3;5H,1-3H3;/q;-1;+1. The van der Waals surface area contributed by atoms with E-state index in [0.717, 1.165) is 4.22 Å². The van der Waals surface area contributed by atoms with E-state index in [2.05, 4.69) is 52.3 Å². The van der Waals surface area contributed by atoms with Crippen LogP contribution in [0.25, 0.3) is 0 Å². The molecule has 0 amide bonds. The molecular formula is C13H23NTi. The van der Waals surface area contributed by atoms with Crippen molar-refractivity contribution in [3.8, 4) is 0 Å². The molecule has 1 rings (SSSR count). The first-order chi connectivity index (χ1) is 6.74. The Labute approximate surface area is 104 Å². The van der Waals surface area contributed by atoms with Crippen LogP contribution in [0.15, 0.2) is 22.3 Å². The third-order valence-corrected chi connectivity index (χ3v) is 6.40. The fourth-order valence-corrected chi connectivity index (χ4v) is 4.11. The summed E-state index contributed by atoms with van der Waals surface area (Å²) in [5, 5.41) is 0. The first kappa shape index (κ1) is 13.2. The van der Waals surface area contributed by atoms with Gasteiger partial charge >= 0.3 is 104 Å². The molecule has 1 aliphatic rings. The summed E-state index contributed by atoms with van der Waals surface area (Å²) in [4.78, 5) is 0. The predicted octanol–water partition coefficient (Wildman–Crippen LogP) is 3.85. The van der Waals surface area contributed by atoms with E-state index in [1.54, 1.807) is 11.1 Å². The van der Waals surface area contributed by atoms with Gasteiger partial charge in [-0.25, -0.2) is 0 Å². The molecule has 0 fully saturated rings. The van der Waals surface area contributed by atoms with Gasteiger partial charge in [0, 0.05) is 0 Å². The maximum absolute atomic E-state index is 3.72. The molecule has 1 aliphatic carbocycles. The molecule has 0 aromatic carbocycles. The Balaban J connectivity index is 2.73. The molecule has 0 saturated carbocycles. The molecule has 0 radical (unpaired) electrons. The van der Waals surface area contributed by atoms with Crippen molar-refractivity contribution >= 4 is 0 Å². The maximum atomic E-state index is 3.72. The summed E-state index contributed by atoms with van der Waals surface area (Å²) in [6, 6.07) is 0. The Morgan fingerprint density at radius 2 is 1.33 bits per heavy atom. The van der Waals surface area contributed by atoms with Crippen molar-refractivity contribution in [2.45, 2.75) is 58.2 Å². The summed E-state index contributed by atoms with van der Waals surface area (Å²) in [5.41, 5.74) is 6.52. The molecule has 1 N–H and O–H groups in total. The monoisotopic (exact) mass is 241 g/mol. The van der Waals surface area contributed by atoms with Crippen LogP contribution < -0.4 is 3.80 Å². The Morgan fingerprint density at radius 1 is 0.933 bits per heavy atom. The zero-order valence-electron chi connectivity index (χ0n) is 11.1. The number of rotatable bonds is 2. The number of hydrogen-bond donors (Lipinski definition) is 1. The van der Waals surface area contributed by atoms with Gasteiger partial charge in [0.2, 0.25) is 0 Å². The van der Waals surface area contributed by atoms with E-state index in [9.17, 15) is 0 Å². The van der Waals surface area contributed by atoms with E-state index in [1.807, 2.05) is 0 Å². The molecule has 0 aromatic heterocycles. The van der Waals surface area contributed by atoms with Crippen molar-refractivity contribution in [1.82, 2.24) is 3.80 Å². The van der Waals surface area contributed by atoms with Crippen LogP contribution in [-0.2, 0) is 19.4 Å². The zero-order valence-corrected chi connectivity index (χ0v) is 12.6. The van der Waals surface area contributed by atoms with Crippen LogP contribution in [0.3, 0.4) is 0 Å². The van der Waals surface area contributed by atoms with E-state index in [1.165, 1.54) is 11.1 Å². The summed E-state index contributed by atoms with van der Waals surface area (Å²) in [6.07, 6.45) is 0. The van der Waals surface area contributed by atoms with Gasteiger partial charge in [0.1, 0.15) is 0 Å². The van der Waals surface area contributed by atoms with Gasteiger partial charge in [-0.1, -0.05) is 0 Å². The quantitative estimate of drug-likeness (QED) is 0.724. The minimum atomic E-state index is -0.110. The van der Waals surface area contributed by atoms with Gasteiger partial charge in [0.15, 0.2) is 0 Å². The van der Waals surface area contributed by atoms with Crippen molar-refractivity contribution < 1.29 is 19.4 Å². The van der Waals surface area contributed by atoms with Crippen LogP contribution in [-0.4, -0.2) is 5.54 Å². The van der Waals surface area contributed by atoms with Crippen LogP contribution in [0.1, 0.15) is 48.5 Å². The second-order valence-electron chi connectivity index (χ2n) is 5.57. The van der Waals surface area contributed by atoms with Gasteiger partial charge in [0.25, 0.3) is 0 Å². The normalized spacial score (nSPS) is 19.1. The van der Waals surface area contributed by atoms with Crippen molar-refractivity contribution in [1.29, 1.82) is 0 Å². The SMILES string of the molecule is CC1=C(C)[CH]([Ti][NH]C(C)(C)C)C(C)=C1C. The van der Waals surface area contributed by atoms with Gasteiger partial charge in [-0.05, 0) is 0 Å². The Hall–Kier alpha value is 0.154. The average molecular weight is 241 g/mol. The van der Waals surface area contributed by atoms with E-state index in [4.69, 9.17) is 0 Å². The van der Waals surface area contributed by atoms with Gasteiger partial charge in [0.05, 0.1) is 0 Å². The van der Waals surface area contributed by atoms with Gasteiger partial charge in [-0.2, -0.15) is 0 Å². The first-order valence-electron chi connectivity index (χ1n) is 5.62. The van der Waals surface area contributed by atoms with E-state index in [-0.39, 0.29) is 24.9 Å². The molecular weight excluding hydrogens is 218 g/mol. The summed E-state index contributed by atoms with van der Waals surface area (Å²) < 4.78 is 4.46. The molecule has 0 bridgehead atoms. The number of allylic oxidation sites excluding steroid dienone is 4. The fourth-order valence-electron chi connectivity index (χ4n) is 1.85. The second-order valence-corrected chi connectivity index (χ2v) is 7.31. The van der Waals surface area contributed by atoms with Crippen LogP contribution in [0.5, 0.6) is 0 Å².